The second-order valence-corrected chi connectivity index (χ2v) is 9.27. The Balaban J connectivity index is 1.39. The molecular formula is C27H34N4O4. The van der Waals surface area contributed by atoms with Gasteiger partial charge in [0.15, 0.2) is 0 Å². The van der Waals surface area contributed by atoms with Crippen LogP contribution in [0, 0.1) is 6.92 Å². The second kappa shape index (κ2) is 11.4. The first kappa shape index (κ1) is 24.8. The first-order valence-corrected chi connectivity index (χ1v) is 12.0. The Hall–Kier alpha value is -3.36. The fourth-order valence-electron chi connectivity index (χ4n) is 4.27. The van der Waals surface area contributed by atoms with Crippen LogP contribution in [0.2, 0.25) is 0 Å². The van der Waals surface area contributed by atoms with Crippen LogP contribution in [0.4, 0.5) is 0 Å². The van der Waals surface area contributed by atoms with Gasteiger partial charge in [0.2, 0.25) is 5.91 Å². The lowest BCUT2D eigenvalue weighted by atomic mass is 10.0. The van der Waals surface area contributed by atoms with Crippen LogP contribution in [0.5, 0.6) is 11.5 Å². The van der Waals surface area contributed by atoms with Crippen LogP contribution in [-0.4, -0.2) is 75.4 Å². The molecule has 2 aromatic carbocycles. The van der Waals surface area contributed by atoms with Gasteiger partial charge in [0.25, 0.3) is 0 Å². The monoisotopic (exact) mass is 478 g/mol. The van der Waals surface area contributed by atoms with E-state index in [1.54, 1.807) is 24.3 Å². The predicted octanol–water partition coefficient (Wildman–Crippen LogP) is 2.74. The zero-order chi connectivity index (χ0) is 24.7. The van der Waals surface area contributed by atoms with Gasteiger partial charge in [-0.3, -0.25) is 9.69 Å². The van der Waals surface area contributed by atoms with Gasteiger partial charge in [-0.15, -0.1) is 0 Å². The summed E-state index contributed by atoms with van der Waals surface area (Å²) < 4.78 is 13.8. The number of carbonyl (C=O) groups excluding carboxylic acids is 1. The predicted molar refractivity (Wildman–Crippen MR) is 133 cm³/mol. The number of aromatic nitrogens is 2. The molecule has 186 valence electrons. The van der Waals surface area contributed by atoms with E-state index in [0.717, 1.165) is 23.4 Å². The zero-order valence-electron chi connectivity index (χ0n) is 20.5. The van der Waals surface area contributed by atoms with Crippen LogP contribution in [0.1, 0.15) is 18.1 Å². The van der Waals surface area contributed by atoms with Crippen LogP contribution in [0.3, 0.4) is 0 Å². The lowest BCUT2D eigenvalue weighted by Crippen LogP contribution is -2.51. The topological polar surface area (TPSA) is 80.1 Å². The molecule has 0 bridgehead atoms. The maximum absolute atomic E-state index is 12.2. The summed E-state index contributed by atoms with van der Waals surface area (Å²) in [6, 6.07) is 15.8. The number of nitrogens with zero attached hydrogens (tertiary/aromatic N) is 4. The fraction of sp³-hybridized carbons (Fsp3) is 0.407. The summed E-state index contributed by atoms with van der Waals surface area (Å²) in [5.74, 6) is 1.46. The number of aliphatic hydroxyl groups is 1. The summed E-state index contributed by atoms with van der Waals surface area (Å²) >= 11 is 0. The number of amides is 1. The summed E-state index contributed by atoms with van der Waals surface area (Å²) in [5, 5.41) is 11.5. The zero-order valence-corrected chi connectivity index (χ0v) is 20.5. The molecule has 1 atom stereocenters. The minimum absolute atomic E-state index is 0.0473. The van der Waals surface area contributed by atoms with Gasteiger partial charge in [-0.2, -0.15) is 0 Å². The van der Waals surface area contributed by atoms with Crippen LogP contribution in [-0.2, 0) is 17.9 Å². The van der Waals surface area contributed by atoms with Crippen molar-refractivity contribution in [2.75, 3.05) is 39.4 Å². The van der Waals surface area contributed by atoms with E-state index in [1.807, 2.05) is 60.2 Å². The third-order valence-electron chi connectivity index (χ3n) is 6.15. The number of hydrogen-bond donors (Lipinski definition) is 1. The van der Waals surface area contributed by atoms with Crippen LogP contribution in [0.25, 0.3) is 0 Å². The Morgan fingerprint density at radius 1 is 1.09 bits per heavy atom. The molecule has 1 aliphatic rings. The lowest BCUT2D eigenvalue weighted by molar-refractivity contribution is -0.132. The van der Waals surface area contributed by atoms with Gasteiger partial charge in [-0.1, -0.05) is 29.8 Å². The summed E-state index contributed by atoms with van der Waals surface area (Å²) in [4.78, 5) is 20.1. The standard InChI is InChI=1S/C27H34N4O4/c1-22-6-8-25(9-7-22)35-20-27(33)18-30(12-13-31(19-27)23(2)32)17-24-4-3-5-26(16-24)34-15-14-29-11-10-28-21-29/h3-11,16,21,33H,12-15,17-20H2,1-2H3. The maximum Gasteiger partial charge on any atom is 0.219 e. The smallest absolute Gasteiger partial charge is 0.219 e. The summed E-state index contributed by atoms with van der Waals surface area (Å²) in [6.45, 7) is 7.44. The number of imidazole rings is 1. The molecule has 1 N–H and O–H groups in total. The molecule has 2 heterocycles. The van der Waals surface area contributed by atoms with E-state index in [-0.39, 0.29) is 19.1 Å². The van der Waals surface area contributed by atoms with Crippen molar-refractivity contribution in [1.29, 1.82) is 0 Å². The van der Waals surface area contributed by atoms with E-state index in [4.69, 9.17) is 9.47 Å². The number of β-amino-alcohol motifs (C(OH)–C–C–N with tert-alkyl or cyclic N) is 1. The molecule has 1 amide bonds. The average molecular weight is 479 g/mol. The Kier molecular flexibility index (Phi) is 8.05. The average Bonchev–Trinajstić information content (AvgIpc) is 3.29. The molecule has 3 aromatic rings. The third-order valence-corrected chi connectivity index (χ3v) is 6.15. The van der Waals surface area contributed by atoms with Gasteiger partial charge in [-0.05, 0) is 36.8 Å². The fourth-order valence-corrected chi connectivity index (χ4v) is 4.27. The third kappa shape index (κ3) is 7.31. The summed E-state index contributed by atoms with van der Waals surface area (Å²) in [5.41, 5.74) is 1.04. The van der Waals surface area contributed by atoms with E-state index >= 15 is 0 Å². The molecule has 1 fully saturated rings. The van der Waals surface area contributed by atoms with Gasteiger partial charge in [0.1, 0.15) is 30.3 Å². The molecule has 8 heteroatoms. The SMILES string of the molecule is CC(=O)N1CCN(Cc2cccc(OCCn3ccnc3)c2)CC(O)(COc2ccc(C)cc2)C1. The number of hydrogen-bond acceptors (Lipinski definition) is 6. The van der Waals surface area contributed by atoms with Crippen molar-refractivity contribution >= 4 is 5.91 Å². The first-order chi connectivity index (χ1) is 16.9. The van der Waals surface area contributed by atoms with E-state index in [2.05, 4.69) is 16.0 Å². The van der Waals surface area contributed by atoms with Crippen molar-refractivity contribution in [3.63, 3.8) is 0 Å². The number of ether oxygens (including phenoxy) is 2. The normalized spacial score (nSPS) is 18.8. The molecular weight excluding hydrogens is 444 g/mol. The van der Waals surface area contributed by atoms with Crippen molar-refractivity contribution in [1.82, 2.24) is 19.4 Å². The highest BCUT2D eigenvalue weighted by Gasteiger charge is 2.36. The molecule has 1 aliphatic heterocycles. The minimum Gasteiger partial charge on any atom is -0.492 e. The highest BCUT2D eigenvalue weighted by Crippen LogP contribution is 2.21. The largest absolute Gasteiger partial charge is 0.492 e. The van der Waals surface area contributed by atoms with Crippen LogP contribution < -0.4 is 9.47 Å². The molecule has 0 radical (unpaired) electrons. The second-order valence-electron chi connectivity index (χ2n) is 9.27. The first-order valence-electron chi connectivity index (χ1n) is 12.0. The van der Waals surface area contributed by atoms with Crippen LogP contribution >= 0.6 is 0 Å². The van der Waals surface area contributed by atoms with E-state index in [1.165, 1.54) is 0 Å². The van der Waals surface area contributed by atoms with Gasteiger partial charge in [-0.25, -0.2) is 4.98 Å². The molecule has 1 saturated heterocycles. The molecule has 1 unspecified atom stereocenters. The summed E-state index contributed by atoms with van der Waals surface area (Å²) in [6.07, 6.45) is 5.43. The molecule has 1 aromatic heterocycles. The Labute approximate surface area is 206 Å². The Morgan fingerprint density at radius 3 is 2.66 bits per heavy atom. The molecule has 35 heavy (non-hydrogen) atoms. The van der Waals surface area contributed by atoms with Crippen molar-refractivity contribution in [3.05, 3.63) is 78.4 Å². The Morgan fingerprint density at radius 2 is 1.91 bits per heavy atom. The number of rotatable bonds is 9. The van der Waals surface area contributed by atoms with E-state index in [0.29, 0.717) is 38.5 Å². The molecule has 0 aliphatic carbocycles. The van der Waals surface area contributed by atoms with Gasteiger partial charge < -0.3 is 24.0 Å². The van der Waals surface area contributed by atoms with Crippen molar-refractivity contribution in [3.8, 4) is 11.5 Å². The molecule has 0 saturated carbocycles. The quantitative estimate of drug-likeness (QED) is 0.510. The molecule has 4 rings (SSSR count). The summed E-state index contributed by atoms with van der Waals surface area (Å²) in [7, 11) is 0. The Bertz CT molecular complexity index is 1090. The van der Waals surface area contributed by atoms with Crippen molar-refractivity contribution in [2.45, 2.75) is 32.5 Å². The molecule has 8 nitrogen and oxygen atoms in total. The maximum atomic E-state index is 12.2. The van der Waals surface area contributed by atoms with Gasteiger partial charge in [0.05, 0.1) is 19.4 Å². The lowest BCUT2D eigenvalue weighted by Gasteiger charge is -2.32. The van der Waals surface area contributed by atoms with E-state index in [9.17, 15) is 9.90 Å². The highest BCUT2D eigenvalue weighted by molar-refractivity contribution is 5.73. The number of aryl methyl sites for hydroxylation is 1. The van der Waals surface area contributed by atoms with Gasteiger partial charge >= 0.3 is 0 Å². The van der Waals surface area contributed by atoms with Gasteiger partial charge in [0, 0.05) is 45.5 Å². The number of carbonyl (C=O) groups is 1. The van der Waals surface area contributed by atoms with Crippen molar-refractivity contribution < 1.29 is 19.4 Å². The number of benzene rings is 2. The van der Waals surface area contributed by atoms with E-state index < -0.39 is 5.60 Å². The molecule has 0 spiro atoms. The minimum atomic E-state index is -1.19. The van der Waals surface area contributed by atoms with Crippen molar-refractivity contribution in [2.24, 2.45) is 0 Å². The highest BCUT2D eigenvalue weighted by atomic mass is 16.5. The van der Waals surface area contributed by atoms with Crippen LogP contribution in [0.15, 0.2) is 67.3 Å².